The summed E-state index contributed by atoms with van der Waals surface area (Å²) in [5.41, 5.74) is 0.653. The van der Waals surface area contributed by atoms with E-state index in [0.29, 0.717) is 11.1 Å². The molecule has 0 N–H and O–H groups in total. The fraction of sp³-hybridized carbons (Fsp3) is 0.647. The Labute approximate surface area is 140 Å². The average Bonchev–Trinajstić information content (AvgIpc) is 2.53. The molecule has 132 valence electrons. The van der Waals surface area contributed by atoms with E-state index in [4.69, 9.17) is 13.9 Å². The molecule has 0 saturated heterocycles. The van der Waals surface area contributed by atoms with Gasteiger partial charge in [0.15, 0.2) is 8.32 Å². The Morgan fingerprint density at radius 1 is 0.870 bits per heavy atom. The van der Waals surface area contributed by atoms with Crippen molar-refractivity contribution >= 4 is 20.3 Å². The highest BCUT2D eigenvalue weighted by Gasteiger charge is 2.33. The predicted molar refractivity (Wildman–Crippen MR) is 93.6 cm³/mol. The van der Waals surface area contributed by atoms with Crippen molar-refractivity contribution in [2.45, 2.75) is 58.9 Å². The molecule has 0 aliphatic heterocycles. The molecule has 0 saturated carbocycles. The molecule has 0 radical (unpaired) electrons. The lowest BCUT2D eigenvalue weighted by Crippen LogP contribution is -2.43. The summed E-state index contributed by atoms with van der Waals surface area (Å²) < 4.78 is 16.6. The molecule has 0 aliphatic rings. The predicted octanol–water partition coefficient (Wildman–Crippen LogP) is 3.62. The molecular formula is C17H30O5Si. The first-order valence-electron chi connectivity index (χ1n) is 8.04. The summed E-state index contributed by atoms with van der Waals surface area (Å²) in [6.07, 6.45) is -0.465. The lowest BCUT2D eigenvalue weighted by atomic mass is 10.3. The molecular weight excluding hydrogens is 312 g/mol. The molecule has 0 aromatic carbocycles. The maximum atomic E-state index is 11.6. The maximum Gasteiger partial charge on any atom is 0.333 e. The summed E-state index contributed by atoms with van der Waals surface area (Å²) >= 11 is 0. The lowest BCUT2D eigenvalue weighted by Gasteiger charge is -2.32. The smallest absolute Gasteiger partial charge is 0.333 e. The zero-order valence-corrected chi connectivity index (χ0v) is 16.1. The monoisotopic (exact) mass is 342 g/mol. The Morgan fingerprint density at radius 2 is 1.22 bits per heavy atom. The summed E-state index contributed by atoms with van der Waals surface area (Å²) in [4.78, 5) is 23.2. The van der Waals surface area contributed by atoms with Gasteiger partial charge in [-0.05, 0) is 32.0 Å². The molecule has 0 unspecified atom stereocenters. The molecule has 0 bridgehead atoms. The van der Waals surface area contributed by atoms with E-state index < -0.39 is 26.4 Å². The number of ether oxygens (including phenoxy) is 2. The number of hydrogen-bond donors (Lipinski definition) is 0. The largest absolute Gasteiger partial charge is 0.459 e. The van der Waals surface area contributed by atoms with E-state index in [1.54, 1.807) is 13.8 Å². The zero-order valence-electron chi connectivity index (χ0n) is 15.1. The second-order valence-electron chi connectivity index (χ2n) is 5.74. The van der Waals surface area contributed by atoms with Crippen LogP contribution in [0.3, 0.4) is 0 Å². The van der Waals surface area contributed by atoms with Crippen LogP contribution in [0.15, 0.2) is 24.3 Å². The maximum absolute atomic E-state index is 11.6. The average molecular weight is 343 g/mol. The van der Waals surface area contributed by atoms with Crippen LogP contribution in [0.25, 0.3) is 0 Å². The van der Waals surface area contributed by atoms with Crippen LogP contribution in [0.4, 0.5) is 0 Å². The third kappa shape index (κ3) is 7.61. The summed E-state index contributed by atoms with van der Waals surface area (Å²) in [6.45, 7) is 16.7. The molecule has 0 amide bonds. The van der Waals surface area contributed by atoms with Crippen molar-refractivity contribution in [2.24, 2.45) is 0 Å². The molecule has 0 aromatic rings. The normalized spacial score (nSPS) is 11.2. The van der Waals surface area contributed by atoms with Crippen LogP contribution in [-0.4, -0.2) is 39.6 Å². The van der Waals surface area contributed by atoms with Gasteiger partial charge in [-0.1, -0.05) is 33.9 Å². The van der Waals surface area contributed by atoms with Crippen LogP contribution in [0.2, 0.25) is 18.1 Å². The van der Waals surface area contributed by atoms with Crippen molar-refractivity contribution in [3.8, 4) is 0 Å². The first kappa shape index (κ1) is 21.6. The minimum Gasteiger partial charge on any atom is -0.459 e. The van der Waals surface area contributed by atoms with Crippen LogP contribution in [-0.2, 0) is 23.5 Å². The molecule has 0 aromatic heterocycles. The van der Waals surface area contributed by atoms with Gasteiger partial charge in [0.2, 0.25) is 0 Å². The Kier molecular flexibility index (Phi) is 9.75. The van der Waals surface area contributed by atoms with E-state index in [9.17, 15) is 9.59 Å². The highest BCUT2D eigenvalue weighted by molar-refractivity contribution is 6.73. The summed E-state index contributed by atoms with van der Waals surface area (Å²) in [5.74, 6) is -0.942. The first-order valence-corrected chi connectivity index (χ1v) is 10.6. The molecule has 0 atom stereocenters. The minimum absolute atomic E-state index is 0.0455. The number of hydrogen-bond acceptors (Lipinski definition) is 5. The SMILES string of the molecule is C=C(C)C(=O)OCC(COC(=O)C(=C)C)O[Si](CC)(CC)CC. The quantitative estimate of drug-likeness (QED) is 0.326. The Balaban J connectivity index is 4.90. The third-order valence-electron chi connectivity index (χ3n) is 3.85. The molecule has 23 heavy (non-hydrogen) atoms. The number of esters is 2. The van der Waals surface area contributed by atoms with Gasteiger partial charge in [-0.2, -0.15) is 0 Å². The fourth-order valence-electron chi connectivity index (χ4n) is 2.05. The Morgan fingerprint density at radius 3 is 1.48 bits per heavy atom. The highest BCUT2D eigenvalue weighted by atomic mass is 28.4. The van der Waals surface area contributed by atoms with Gasteiger partial charge in [-0.25, -0.2) is 9.59 Å². The molecule has 0 fully saturated rings. The van der Waals surface area contributed by atoms with Gasteiger partial charge in [0, 0.05) is 11.1 Å². The first-order chi connectivity index (χ1) is 10.7. The van der Waals surface area contributed by atoms with E-state index in [1.165, 1.54) is 0 Å². The van der Waals surface area contributed by atoms with Crippen LogP contribution in [0.1, 0.15) is 34.6 Å². The molecule has 6 heteroatoms. The van der Waals surface area contributed by atoms with E-state index in [2.05, 4.69) is 33.9 Å². The summed E-state index contributed by atoms with van der Waals surface area (Å²) in [6, 6.07) is 2.87. The van der Waals surface area contributed by atoms with Crippen LogP contribution in [0, 0.1) is 0 Å². The van der Waals surface area contributed by atoms with Gasteiger partial charge in [-0.15, -0.1) is 0 Å². The topological polar surface area (TPSA) is 61.8 Å². The standard InChI is InChI=1S/C17H30O5Si/c1-8-23(9-2,10-3)22-15(11-20-16(18)13(4)5)12-21-17(19)14(6)7/h15H,4,6,8-12H2,1-3,5,7H3. The molecule has 5 nitrogen and oxygen atoms in total. The summed E-state index contributed by atoms with van der Waals surface area (Å²) in [7, 11) is -1.91. The summed E-state index contributed by atoms with van der Waals surface area (Å²) in [5, 5.41) is 0. The number of carbonyl (C=O) groups is 2. The van der Waals surface area contributed by atoms with Gasteiger partial charge in [0.05, 0.1) is 0 Å². The second-order valence-corrected chi connectivity index (χ2v) is 10.5. The van der Waals surface area contributed by atoms with Gasteiger partial charge >= 0.3 is 11.9 Å². The van der Waals surface area contributed by atoms with Gasteiger partial charge in [0.25, 0.3) is 0 Å². The second kappa shape index (κ2) is 10.4. The number of rotatable bonds is 11. The van der Waals surface area contributed by atoms with Crippen LogP contribution in [0.5, 0.6) is 0 Å². The number of carbonyl (C=O) groups excluding carboxylic acids is 2. The third-order valence-corrected chi connectivity index (χ3v) is 8.55. The van der Waals surface area contributed by atoms with E-state index in [-0.39, 0.29) is 13.2 Å². The Hall–Kier alpha value is -1.40. The van der Waals surface area contributed by atoms with Gasteiger partial charge in [-0.3, -0.25) is 0 Å². The van der Waals surface area contributed by atoms with Crippen molar-refractivity contribution < 1.29 is 23.5 Å². The fourth-order valence-corrected chi connectivity index (χ4v) is 4.90. The van der Waals surface area contributed by atoms with Crippen molar-refractivity contribution in [1.29, 1.82) is 0 Å². The lowest BCUT2D eigenvalue weighted by molar-refractivity contribution is -0.146. The van der Waals surface area contributed by atoms with Crippen molar-refractivity contribution in [3.63, 3.8) is 0 Å². The zero-order chi connectivity index (χ0) is 18.0. The molecule has 0 heterocycles. The van der Waals surface area contributed by atoms with Gasteiger partial charge < -0.3 is 13.9 Å². The van der Waals surface area contributed by atoms with Crippen molar-refractivity contribution in [1.82, 2.24) is 0 Å². The van der Waals surface area contributed by atoms with Crippen LogP contribution < -0.4 is 0 Å². The minimum atomic E-state index is -1.91. The highest BCUT2D eigenvalue weighted by Crippen LogP contribution is 2.24. The molecule has 0 aliphatic carbocycles. The van der Waals surface area contributed by atoms with E-state index in [0.717, 1.165) is 18.1 Å². The van der Waals surface area contributed by atoms with Crippen molar-refractivity contribution in [3.05, 3.63) is 24.3 Å². The van der Waals surface area contributed by atoms with Crippen LogP contribution >= 0.6 is 0 Å². The van der Waals surface area contributed by atoms with Crippen molar-refractivity contribution in [2.75, 3.05) is 13.2 Å². The molecule has 0 rings (SSSR count). The van der Waals surface area contributed by atoms with E-state index in [1.807, 2.05) is 0 Å². The molecule has 0 spiro atoms. The van der Waals surface area contributed by atoms with Gasteiger partial charge in [0.1, 0.15) is 19.3 Å². The van der Waals surface area contributed by atoms with E-state index >= 15 is 0 Å². The Bertz CT molecular complexity index is 402.